The number of carboxylic acids is 3. The highest BCUT2D eigenvalue weighted by molar-refractivity contribution is 5.74. The van der Waals surface area contributed by atoms with Crippen LogP contribution >= 0.6 is 0 Å². The molecule has 8 rings (SSSR count). The molecule has 8 aliphatic rings. The number of hydrogen-bond acceptors (Lipinski definition) is 38. The Bertz CT molecular complexity index is 2330. The second kappa shape index (κ2) is 29.3. The van der Waals surface area contributed by atoms with Crippen LogP contribution in [0.15, 0.2) is 0 Å². The lowest BCUT2D eigenvalue weighted by Crippen LogP contribution is -2.69. The largest absolute Gasteiger partial charge is 0.479 e. The summed E-state index contributed by atoms with van der Waals surface area (Å²) in [5, 5.41) is 246. The fourth-order valence-electron chi connectivity index (χ4n) is 11.2. The van der Waals surface area contributed by atoms with Gasteiger partial charge in [0.1, 0.15) is 159 Å². The summed E-state index contributed by atoms with van der Waals surface area (Å²) >= 11 is 0. The molecule has 0 unspecified atom stereocenters. The maximum absolute atomic E-state index is 13.1. The summed E-state index contributed by atoms with van der Waals surface area (Å²) in [5.41, 5.74) is 0. The summed E-state index contributed by atoms with van der Waals surface area (Å²) in [4.78, 5) is 38.1. The van der Waals surface area contributed by atoms with Crippen LogP contribution in [0.1, 0.15) is 20.8 Å². The number of rotatable bonds is 19. The first-order valence-electron chi connectivity index (χ1n) is 27.7. The zero-order valence-corrected chi connectivity index (χ0v) is 46.6. The summed E-state index contributed by atoms with van der Waals surface area (Å²) in [5.74, 6) is -5.94. The summed E-state index contributed by atoms with van der Waals surface area (Å²) in [6, 6.07) is 0. The van der Waals surface area contributed by atoms with E-state index in [0.29, 0.717) is 0 Å². The van der Waals surface area contributed by atoms with Crippen molar-refractivity contribution in [3.05, 3.63) is 0 Å². The third-order valence-electron chi connectivity index (χ3n) is 16.4. The SMILES string of the molecule is C[C@@H]1O[C@@H](O[C@@H]2[C@H](O)[C@@H](O)[C@@H](O[C@H]3[C@H](O[C@@H]4[C@H](O)[C@@H](O)[C@@H](O)O[C@@H]4C(=O)O)O[C@@H](C)[C@H](O[C@@H]4O[C@H](CO)[C@H](O)[C@H](O)[C@H]4O)[C@H]3O)O[C@@H]2C(=O)O)[C@H](O[C@H]2O[C@H](C(=O)O)[C@H](O[C@@H]3O[C@@H](C)[C@H](O[C@@H]4O[C@H](CO)[C@H](O)[C@H](O)[C@H]4O)[C@@H](O)[C@H]3O)[C@H](O)[C@H]2O)[C@H](O)[C@H]1O. The molecule has 8 heterocycles. The highest BCUT2D eigenvalue weighted by atomic mass is 16.8. The maximum atomic E-state index is 13.1. The highest BCUT2D eigenvalue weighted by Gasteiger charge is 2.61. The molecule has 0 aromatic rings. The molecule has 8 aliphatic heterocycles. The number of aliphatic hydroxyl groups is 20. The summed E-state index contributed by atoms with van der Waals surface area (Å²) < 4.78 is 83.6. The van der Waals surface area contributed by atoms with E-state index in [1.165, 1.54) is 6.92 Å². The average Bonchev–Trinajstić information content (AvgIpc) is 2.03. The number of carbonyl (C=O) groups is 3. The quantitative estimate of drug-likeness (QED) is 0.0571. The molecule has 0 saturated carbocycles. The van der Waals surface area contributed by atoms with Crippen LogP contribution in [0.5, 0.6) is 0 Å². The fourth-order valence-corrected chi connectivity index (χ4v) is 11.2. The van der Waals surface area contributed by atoms with Crippen molar-refractivity contribution in [2.24, 2.45) is 0 Å². The van der Waals surface area contributed by atoms with Crippen molar-refractivity contribution in [2.45, 2.75) is 266 Å². The van der Waals surface area contributed by atoms with E-state index in [-0.39, 0.29) is 0 Å². The van der Waals surface area contributed by atoms with Gasteiger partial charge in [0, 0.05) is 0 Å². The molecule has 0 aromatic carbocycles. The first kappa shape index (κ1) is 71.9. The summed E-state index contributed by atoms with van der Waals surface area (Å²) in [6.07, 6.45) is -85.1. The Balaban J connectivity index is 0.990. The van der Waals surface area contributed by atoms with E-state index in [4.69, 9.17) is 71.1 Å². The zero-order valence-electron chi connectivity index (χ0n) is 46.6. The molecule has 41 nitrogen and oxygen atoms in total. The second-order valence-electron chi connectivity index (χ2n) is 22.4. The monoisotopic (exact) mass is 1310 g/mol. The van der Waals surface area contributed by atoms with Crippen LogP contribution in [-0.2, 0) is 85.4 Å². The molecular weight excluding hydrogens is 1230 g/mol. The predicted octanol–water partition coefficient (Wildman–Crippen LogP) is -15.1. The molecule has 41 heteroatoms. The standard InChI is InChI=1S/C48H76O41/c1-6-11(51)16(56)33(86-45-25(65)19(59)31(36(88-45)39(70)71)83-42-24(64)18(58)28(7(2)76-42)81-43-22(62)14(54)12(52)9(4-49)78-43)47(75-6)85-32-20(60)26(66)46(89-37(32)40(72)73)87-34-27(67)29(82-44-23(63)15(55)13(53)10(5-50)79-44)8(3)77-48(34)84-30-17(57)21(61)41(74)80-35(30)38(68)69/h6-37,41-67,74H,4-5H2,1-3H3,(H,68,69)(H,70,71)(H,72,73)/t6-,7-,8-,9+,10+,11-,12-,13-,14-,15-,16+,17+,18-,19+,20+,21+,22+,23+,24+,25+,26+,27+,28-,29-,30+,31+,32+,33+,34+,35-,36-,37-,41-,42-,43-,44-,45-,46-,47-,48-/m0/s1. The molecule has 0 bridgehead atoms. The van der Waals surface area contributed by atoms with Gasteiger partial charge >= 0.3 is 17.9 Å². The van der Waals surface area contributed by atoms with Crippen LogP contribution in [0.2, 0.25) is 0 Å². The Labute approximate surface area is 499 Å². The van der Waals surface area contributed by atoms with Crippen molar-refractivity contribution in [1.29, 1.82) is 0 Å². The molecular formula is C48H76O41. The van der Waals surface area contributed by atoms with Crippen LogP contribution in [0, 0.1) is 0 Å². The van der Waals surface area contributed by atoms with Gasteiger partial charge in [-0.05, 0) is 20.8 Å². The Morgan fingerprint density at radius 1 is 0.270 bits per heavy atom. The maximum Gasteiger partial charge on any atom is 0.335 e. The molecule has 514 valence electrons. The van der Waals surface area contributed by atoms with E-state index >= 15 is 0 Å². The van der Waals surface area contributed by atoms with Crippen molar-refractivity contribution < 1.29 is 203 Å². The second-order valence-corrected chi connectivity index (χ2v) is 22.4. The van der Waals surface area contributed by atoms with Gasteiger partial charge in [-0.3, -0.25) is 0 Å². The molecule has 89 heavy (non-hydrogen) atoms. The lowest BCUT2D eigenvalue weighted by atomic mass is 9.95. The number of aliphatic hydroxyl groups excluding tert-OH is 20. The Morgan fingerprint density at radius 2 is 0.539 bits per heavy atom. The van der Waals surface area contributed by atoms with Gasteiger partial charge in [-0.25, -0.2) is 14.4 Å². The molecule has 0 radical (unpaired) electrons. The minimum atomic E-state index is -2.60. The van der Waals surface area contributed by atoms with Gasteiger partial charge in [0.15, 0.2) is 68.6 Å². The van der Waals surface area contributed by atoms with E-state index in [2.05, 4.69) is 0 Å². The molecule has 0 aliphatic carbocycles. The van der Waals surface area contributed by atoms with E-state index in [1.54, 1.807) is 0 Å². The van der Waals surface area contributed by atoms with Gasteiger partial charge in [0.05, 0.1) is 31.5 Å². The number of carboxylic acid groups (broad SMARTS) is 3. The number of aliphatic carboxylic acids is 3. The summed E-state index contributed by atoms with van der Waals surface area (Å²) in [6.45, 7) is 1.70. The Kier molecular flexibility index (Phi) is 23.7. The van der Waals surface area contributed by atoms with Crippen molar-refractivity contribution in [2.75, 3.05) is 13.2 Å². The molecule has 40 atom stereocenters. The highest BCUT2D eigenvalue weighted by Crippen LogP contribution is 2.39. The zero-order chi connectivity index (χ0) is 65.8. The minimum Gasteiger partial charge on any atom is -0.479 e. The number of ether oxygens (including phenoxy) is 15. The van der Waals surface area contributed by atoms with Gasteiger partial charge in [0.2, 0.25) is 0 Å². The van der Waals surface area contributed by atoms with Crippen LogP contribution in [-0.4, -0.2) is 394 Å². The van der Waals surface area contributed by atoms with E-state index < -0.39 is 277 Å². The van der Waals surface area contributed by atoms with Crippen LogP contribution in [0.25, 0.3) is 0 Å². The predicted molar refractivity (Wildman–Crippen MR) is 262 cm³/mol. The van der Waals surface area contributed by atoms with Gasteiger partial charge in [-0.15, -0.1) is 0 Å². The third kappa shape index (κ3) is 14.5. The van der Waals surface area contributed by atoms with Crippen LogP contribution in [0.4, 0.5) is 0 Å². The Morgan fingerprint density at radius 3 is 0.944 bits per heavy atom. The van der Waals surface area contributed by atoms with E-state index in [1.807, 2.05) is 0 Å². The van der Waals surface area contributed by atoms with Gasteiger partial charge in [-0.2, -0.15) is 0 Å². The van der Waals surface area contributed by atoms with Crippen molar-refractivity contribution >= 4 is 17.9 Å². The van der Waals surface area contributed by atoms with Gasteiger partial charge < -0.3 is 189 Å². The average molecular weight is 1310 g/mol. The minimum absolute atomic E-state index is 0.858. The first-order valence-corrected chi connectivity index (χ1v) is 27.7. The van der Waals surface area contributed by atoms with Crippen molar-refractivity contribution in [1.82, 2.24) is 0 Å². The third-order valence-corrected chi connectivity index (χ3v) is 16.4. The van der Waals surface area contributed by atoms with Crippen molar-refractivity contribution in [3.63, 3.8) is 0 Å². The molecule has 8 saturated heterocycles. The fraction of sp³-hybridized carbons (Fsp3) is 0.938. The van der Waals surface area contributed by atoms with Gasteiger partial charge in [0.25, 0.3) is 0 Å². The van der Waals surface area contributed by atoms with Crippen molar-refractivity contribution in [3.8, 4) is 0 Å². The molecule has 23 N–H and O–H groups in total. The number of hydrogen-bond donors (Lipinski definition) is 23. The normalized spacial score (nSPS) is 53.4. The summed E-state index contributed by atoms with van der Waals surface area (Å²) in [7, 11) is 0. The van der Waals surface area contributed by atoms with E-state index in [9.17, 15) is 132 Å². The molecule has 0 spiro atoms. The Hall–Kier alpha value is -2.99. The molecule has 8 fully saturated rings. The van der Waals surface area contributed by atoms with Gasteiger partial charge in [-0.1, -0.05) is 0 Å². The topological polar surface area (TPSA) is 655 Å². The molecule has 0 amide bonds. The van der Waals surface area contributed by atoms with Crippen LogP contribution in [0.3, 0.4) is 0 Å². The van der Waals surface area contributed by atoms with E-state index in [0.717, 1.165) is 13.8 Å². The molecule has 0 aromatic heterocycles. The smallest absolute Gasteiger partial charge is 0.335 e. The lowest BCUT2D eigenvalue weighted by molar-refractivity contribution is -0.405. The van der Waals surface area contributed by atoms with Crippen LogP contribution < -0.4 is 0 Å². The first-order chi connectivity index (χ1) is 41.7. The lowest BCUT2D eigenvalue weighted by Gasteiger charge is -2.50.